The van der Waals surface area contributed by atoms with E-state index in [2.05, 4.69) is 9.47 Å². The molecule has 0 aliphatic carbocycles. The van der Waals surface area contributed by atoms with Crippen LogP contribution < -0.4 is 0 Å². The van der Waals surface area contributed by atoms with Crippen molar-refractivity contribution in [2.45, 2.75) is 0 Å². The van der Waals surface area contributed by atoms with Crippen molar-refractivity contribution in [3.05, 3.63) is 58.7 Å². The lowest BCUT2D eigenvalue weighted by molar-refractivity contribution is 0.0591. The maximum absolute atomic E-state index is 10.9. The number of aldehydes is 1. The lowest BCUT2D eigenvalue weighted by atomic mass is 10.1. The zero-order valence-corrected chi connectivity index (χ0v) is 13.9. The number of methoxy groups -OCH3 is 2. The highest BCUT2D eigenvalue weighted by atomic mass is 16.5. The van der Waals surface area contributed by atoms with Crippen molar-refractivity contribution in [2.24, 2.45) is 0 Å². The Morgan fingerprint density at radius 1 is 0.962 bits per heavy atom. The van der Waals surface area contributed by atoms with Crippen molar-refractivity contribution in [2.75, 3.05) is 14.2 Å². The van der Waals surface area contributed by atoms with E-state index in [1.54, 1.807) is 6.07 Å². The van der Waals surface area contributed by atoms with Crippen LogP contribution in [0, 0.1) is 11.3 Å². The largest absolute Gasteiger partial charge is 0.507 e. The van der Waals surface area contributed by atoms with Gasteiger partial charge in [0.2, 0.25) is 0 Å². The van der Waals surface area contributed by atoms with E-state index in [-0.39, 0.29) is 33.8 Å². The van der Waals surface area contributed by atoms with E-state index in [4.69, 9.17) is 5.26 Å². The van der Waals surface area contributed by atoms with Gasteiger partial charge < -0.3 is 19.7 Å². The minimum absolute atomic E-state index is 0.132. The Bertz CT molecular complexity index is 868. The van der Waals surface area contributed by atoms with Crippen LogP contribution in [0.1, 0.15) is 36.6 Å². The fourth-order valence-electron chi connectivity index (χ4n) is 1.76. The summed E-state index contributed by atoms with van der Waals surface area (Å²) in [4.78, 5) is 32.2. The van der Waals surface area contributed by atoms with Gasteiger partial charge in [0.1, 0.15) is 17.6 Å². The topological polar surface area (TPSA) is 134 Å². The number of hydrogen-bond donors (Lipinski definition) is 2. The van der Waals surface area contributed by atoms with Crippen LogP contribution in [0.4, 0.5) is 0 Å². The first-order valence-corrected chi connectivity index (χ1v) is 7.05. The highest BCUT2D eigenvalue weighted by molar-refractivity contribution is 5.91. The highest BCUT2D eigenvalue weighted by Gasteiger charge is 2.09. The summed E-state index contributed by atoms with van der Waals surface area (Å²) in [6.07, 6.45) is 0.510. The van der Waals surface area contributed by atoms with E-state index in [0.717, 1.165) is 0 Å². The van der Waals surface area contributed by atoms with Gasteiger partial charge in [-0.1, -0.05) is 0 Å². The van der Waals surface area contributed by atoms with Crippen molar-refractivity contribution in [3.63, 3.8) is 0 Å². The summed E-state index contributed by atoms with van der Waals surface area (Å²) in [5.41, 5.74) is 0.713. The number of hydrogen-bond acceptors (Lipinski definition) is 8. The molecule has 2 aromatic rings. The third kappa shape index (κ3) is 5.07. The molecule has 0 heterocycles. The molecule has 134 valence electrons. The highest BCUT2D eigenvalue weighted by Crippen LogP contribution is 2.18. The number of phenols is 2. The smallest absolute Gasteiger partial charge is 0.337 e. The van der Waals surface area contributed by atoms with Crippen LogP contribution >= 0.6 is 0 Å². The van der Waals surface area contributed by atoms with Crippen LogP contribution in [-0.4, -0.2) is 42.7 Å². The number of phenolic OH excluding ortho intramolecular Hbond substituents is 2. The number of rotatable bonds is 3. The normalized spacial score (nSPS) is 9.12. The number of ether oxygens (including phenoxy) is 2. The number of nitriles is 1. The van der Waals surface area contributed by atoms with E-state index in [9.17, 15) is 24.6 Å². The number of esters is 2. The molecule has 8 nitrogen and oxygen atoms in total. The molecular formula is C18H15NO7. The Labute approximate surface area is 148 Å². The number of aromatic hydroxyl groups is 2. The van der Waals surface area contributed by atoms with Crippen molar-refractivity contribution >= 4 is 18.2 Å². The van der Waals surface area contributed by atoms with Gasteiger partial charge in [-0.15, -0.1) is 0 Å². The molecule has 8 heteroatoms. The summed E-state index contributed by atoms with van der Waals surface area (Å²) in [6, 6.07) is 9.72. The van der Waals surface area contributed by atoms with Gasteiger partial charge in [-0.2, -0.15) is 5.26 Å². The van der Waals surface area contributed by atoms with Gasteiger partial charge in [-0.05, 0) is 36.4 Å². The number of carbonyl (C=O) groups excluding carboxylic acids is 3. The molecule has 0 fully saturated rings. The Balaban J connectivity index is 0.000000260. The fraction of sp³-hybridized carbons (Fsp3) is 0.111. The zero-order chi connectivity index (χ0) is 19.7. The lowest BCUT2D eigenvalue weighted by Crippen LogP contribution is -2.00. The predicted molar refractivity (Wildman–Crippen MR) is 89.0 cm³/mol. The number of benzene rings is 2. The molecule has 0 aliphatic rings. The van der Waals surface area contributed by atoms with E-state index in [0.29, 0.717) is 6.29 Å². The molecule has 0 atom stereocenters. The molecule has 0 spiro atoms. The van der Waals surface area contributed by atoms with Crippen molar-refractivity contribution in [3.8, 4) is 17.6 Å². The van der Waals surface area contributed by atoms with Crippen molar-refractivity contribution in [1.82, 2.24) is 0 Å². The molecule has 0 aromatic heterocycles. The van der Waals surface area contributed by atoms with Crippen molar-refractivity contribution in [1.29, 1.82) is 5.26 Å². The maximum Gasteiger partial charge on any atom is 0.337 e. The van der Waals surface area contributed by atoms with Gasteiger partial charge in [0.15, 0.2) is 6.29 Å². The van der Waals surface area contributed by atoms with Gasteiger partial charge in [0, 0.05) is 0 Å². The molecule has 0 aliphatic heterocycles. The van der Waals surface area contributed by atoms with Crippen LogP contribution in [0.15, 0.2) is 36.4 Å². The van der Waals surface area contributed by atoms with Gasteiger partial charge in [-0.25, -0.2) is 9.59 Å². The summed E-state index contributed by atoms with van der Waals surface area (Å²) >= 11 is 0. The molecule has 2 N–H and O–H groups in total. The minimum Gasteiger partial charge on any atom is -0.507 e. The standard InChI is InChI=1S/C9H7NO3.C9H8O4/c2*1-13-9(12)6-2-3-7(5-10)8(11)4-6/h2-4,11H,1H3;2-5,11H,1H3. The van der Waals surface area contributed by atoms with Crippen LogP contribution in [0.3, 0.4) is 0 Å². The van der Waals surface area contributed by atoms with E-state index in [1.165, 1.54) is 50.6 Å². The second-order valence-corrected chi connectivity index (χ2v) is 4.72. The molecule has 0 radical (unpaired) electrons. The molecular weight excluding hydrogens is 342 g/mol. The third-order valence-electron chi connectivity index (χ3n) is 3.12. The van der Waals surface area contributed by atoms with Crippen LogP contribution in [0.25, 0.3) is 0 Å². The maximum atomic E-state index is 10.9. The van der Waals surface area contributed by atoms with Gasteiger partial charge >= 0.3 is 11.9 Å². The van der Waals surface area contributed by atoms with Gasteiger partial charge in [-0.3, -0.25) is 4.79 Å². The Morgan fingerprint density at radius 3 is 1.85 bits per heavy atom. The van der Waals surface area contributed by atoms with E-state index in [1.807, 2.05) is 0 Å². The first-order chi connectivity index (χ1) is 12.4. The first kappa shape index (κ1) is 20.2. The van der Waals surface area contributed by atoms with Crippen LogP contribution in [0.5, 0.6) is 11.5 Å². The molecule has 0 bridgehead atoms. The second kappa shape index (κ2) is 9.44. The fourth-order valence-corrected chi connectivity index (χ4v) is 1.76. The van der Waals surface area contributed by atoms with Gasteiger partial charge in [0.25, 0.3) is 0 Å². The molecule has 0 saturated heterocycles. The molecule has 26 heavy (non-hydrogen) atoms. The van der Waals surface area contributed by atoms with E-state index < -0.39 is 11.9 Å². The van der Waals surface area contributed by atoms with Crippen molar-refractivity contribution < 1.29 is 34.1 Å². The summed E-state index contributed by atoms with van der Waals surface area (Å²) in [5, 5.41) is 26.9. The molecule has 2 rings (SSSR count). The lowest BCUT2D eigenvalue weighted by Gasteiger charge is -2.00. The second-order valence-electron chi connectivity index (χ2n) is 4.72. The summed E-state index contributed by atoms with van der Waals surface area (Å²) in [7, 11) is 2.49. The van der Waals surface area contributed by atoms with Crippen LogP contribution in [0.2, 0.25) is 0 Å². The Kier molecular flexibility index (Phi) is 7.33. The Hall–Kier alpha value is -3.86. The molecule has 0 amide bonds. The summed E-state index contributed by atoms with van der Waals surface area (Å²) < 4.78 is 8.86. The number of nitrogens with zero attached hydrogens (tertiary/aromatic N) is 1. The number of carbonyl (C=O) groups is 3. The molecule has 0 saturated carbocycles. The minimum atomic E-state index is -0.548. The monoisotopic (exact) mass is 357 g/mol. The summed E-state index contributed by atoms with van der Waals surface area (Å²) in [6.45, 7) is 0. The quantitative estimate of drug-likeness (QED) is 0.629. The molecule has 2 aromatic carbocycles. The third-order valence-corrected chi connectivity index (χ3v) is 3.12. The Morgan fingerprint density at radius 2 is 1.46 bits per heavy atom. The zero-order valence-electron chi connectivity index (χ0n) is 13.9. The average molecular weight is 357 g/mol. The SMILES string of the molecule is COC(=O)c1ccc(C#N)c(O)c1.COC(=O)c1ccc(C=O)c(O)c1. The first-order valence-electron chi connectivity index (χ1n) is 7.05. The average Bonchev–Trinajstić information content (AvgIpc) is 2.67. The predicted octanol–water partition coefficient (Wildman–Crippen LogP) is 2.04. The summed E-state index contributed by atoms with van der Waals surface area (Å²) in [5.74, 6) is -1.53. The van der Waals surface area contributed by atoms with Gasteiger partial charge in [0.05, 0.1) is 36.5 Å². The molecule has 0 unspecified atom stereocenters. The van der Waals surface area contributed by atoms with Crippen LogP contribution in [-0.2, 0) is 9.47 Å². The van der Waals surface area contributed by atoms with E-state index >= 15 is 0 Å².